The Bertz CT molecular complexity index is 678. The van der Waals surface area contributed by atoms with Crippen LogP contribution in [0.2, 0.25) is 15.1 Å². The summed E-state index contributed by atoms with van der Waals surface area (Å²) in [6.45, 7) is 1.87. The molecule has 0 saturated carbocycles. The Morgan fingerprint density at radius 2 is 1.71 bits per heavy atom. The monoisotopic (exact) mass is 343 g/mol. The van der Waals surface area contributed by atoms with E-state index in [1.165, 1.54) is 19.2 Å². The predicted molar refractivity (Wildman–Crippen MR) is 87.2 cm³/mol. The molecule has 0 bridgehead atoms. The Balaban J connectivity index is 2.31. The van der Waals surface area contributed by atoms with Crippen molar-refractivity contribution in [2.45, 2.75) is 6.92 Å². The molecule has 0 saturated heterocycles. The van der Waals surface area contributed by atoms with Gasteiger partial charge in [-0.1, -0.05) is 40.9 Å². The number of anilines is 1. The standard InChI is InChI=1S/C15H12Cl3NO2/c1-8-3-4-10(16)7-13(8)19-15(20)9-5-11(17)14(21-2)12(18)6-9/h3-7H,1-2H3,(H,19,20). The SMILES string of the molecule is COc1c(Cl)cc(C(=O)Nc2cc(Cl)ccc2C)cc1Cl. The van der Waals surface area contributed by atoms with Gasteiger partial charge in [-0.05, 0) is 36.8 Å². The summed E-state index contributed by atoms with van der Waals surface area (Å²) < 4.78 is 5.05. The number of hydrogen-bond acceptors (Lipinski definition) is 2. The molecule has 0 fully saturated rings. The number of hydrogen-bond donors (Lipinski definition) is 1. The minimum atomic E-state index is -0.327. The normalized spacial score (nSPS) is 10.3. The van der Waals surface area contributed by atoms with Gasteiger partial charge in [0.25, 0.3) is 5.91 Å². The lowest BCUT2D eigenvalue weighted by Crippen LogP contribution is -2.13. The van der Waals surface area contributed by atoms with Crippen molar-refractivity contribution in [1.29, 1.82) is 0 Å². The van der Waals surface area contributed by atoms with E-state index < -0.39 is 0 Å². The first kappa shape index (κ1) is 16.0. The maximum atomic E-state index is 12.3. The predicted octanol–water partition coefficient (Wildman–Crippen LogP) is 5.22. The summed E-state index contributed by atoms with van der Waals surface area (Å²) in [6, 6.07) is 8.27. The largest absolute Gasteiger partial charge is 0.494 e. The van der Waals surface area contributed by atoms with Gasteiger partial charge in [0.1, 0.15) is 0 Å². The fraction of sp³-hybridized carbons (Fsp3) is 0.133. The molecular weight excluding hydrogens is 333 g/mol. The van der Waals surface area contributed by atoms with Gasteiger partial charge in [-0.2, -0.15) is 0 Å². The summed E-state index contributed by atoms with van der Waals surface area (Å²) in [6.07, 6.45) is 0. The van der Waals surface area contributed by atoms with Crippen molar-refractivity contribution in [3.8, 4) is 5.75 Å². The molecule has 21 heavy (non-hydrogen) atoms. The summed E-state index contributed by atoms with van der Waals surface area (Å²) >= 11 is 18.0. The van der Waals surface area contributed by atoms with Crippen LogP contribution in [-0.2, 0) is 0 Å². The number of amides is 1. The molecule has 0 aliphatic carbocycles. The molecule has 110 valence electrons. The van der Waals surface area contributed by atoms with Crippen LogP contribution >= 0.6 is 34.8 Å². The average Bonchev–Trinajstić information content (AvgIpc) is 2.42. The van der Waals surface area contributed by atoms with Gasteiger partial charge in [0.15, 0.2) is 5.75 Å². The van der Waals surface area contributed by atoms with Crippen molar-refractivity contribution in [1.82, 2.24) is 0 Å². The van der Waals surface area contributed by atoms with Crippen molar-refractivity contribution in [2.75, 3.05) is 12.4 Å². The minimum absolute atomic E-state index is 0.276. The van der Waals surface area contributed by atoms with E-state index in [1.807, 2.05) is 13.0 Å². The van der Waals surface area contributed by atoms with E-state index >= 15 is 0 Å². The summed E-state index contributed by atoms with van der Waals surface area (Å²) in [5.41, 5.74) is 1.87. The molecule has 0 aliphatic heterocycles. The highest BCUT2D eigenvalue weighted by molar-refractivity contribution is 6.37. The van der Waals surface area contributed by atoms with Crippen LogP contribution in [-0.4, -0.2) is 13.0 Å². The van der Waals surface area contributed by atoms with E-state index in [9.17, 15) is 4.79 Å². The molecule has 0 spiro atoms. The zero-order chi connectivity index (χ0) is 15.6. The zero-order valence-corrected chi connectivity index (χ0v) is 13.6. The Labute approximate surface area is 137 Å². The number of halogens is 3. The first-order valence-electron chi connectivity index (χ1n) is 6.03. The van der Waals surface area contributed by atoms with Crippen LogP contribution in [0.15, 0.2) is 30.3 Å². The van der Waals surface area contributed by atoms with Crippen LogP contribution in [0.25, 0.3) is 0 Å². The number of ether oxygens (including phenoxy) is 1. The lowest BCUT2D eigenvalue weighted by Gasteiger charge is -2.11. The van der Waals surface area contributed by atoms with E-state index in [4.69, 9.17) is 39.5 Å². The van der Waals surface area contributed by atoms with Crippen LogP contribution < -0.4 is 10.1 Å². The lowest BCUT2D eigenvalue weighted by molar-refractivity contribution is 0.102. The van der Waals surface area contributed by atoms with E-state index in [2.05, 4.69) is 5.32 Å². The molecule has 2 rings (SSSR count). The molecule has 0 unspecified atom stereocenters. The molecule has 0 atom stereocenters. The molecule has 0 radical (unpaired) electrons. The molecule has 3 nitrogen and oxygen atoms in total. The molecule has 1 amide bonds. The molecule has 1 N–H and O–H groups in total. The molecule has 6 heteroatoms. The van der Waals surface area contributed by atoms with Crippen molar-refractivity contribution < 1.29 is 9.53 Å². The fourth-order valence-corrected chi connectivity index (χ4v) is 2.62. The third-order valence-electron chi connectivity index (χ3n) is 2.91. The Morgan fingerprint density at radius 1 is 1.10 bits per heavy atom. The van der Waals surface area contributed by atoms with Gasteiger partial charge in [-0.3, -0.25) is 4.79 Å². The third kappa shape index (κ3) is 3.62. The van der Waals surface area contributed by atoms with Crippen LogP contribution in [0, 0.1) is 6.92 Å². The smallest absolute Gasteiger partial charge is 0.255 e. The van der Waals surface area contributed by atoms with Crippen molar-refractivity contribution in [3.63, 3.8) is 0 Å². The highest BCUT2D eigenvalue weighted by Gasteiger charge is 2.14. The second kappa shape index (κ2) is 6.56. The van der Waals surface area contributed by atoms with Crippen molar-refractivity contribution >= 4 is 46.4 Å². The van der Waals surface area contributed by atoms with E-state index in [-0.39, 0.29) is 16.0 Å². The first-order chi connectivity index (χ1) is 9.92. The van der Waals surface area contributed by atoms with Gasteiger partial charge in [0.05, 0.1) is 17.2 Å². The van der Waals surface area contributed by atoms with Gasteiger partial charge in [0, 0.05) is 16.3 Å². The number of carbonyl (C=O) groups is 1. The first-order valence-corrected chi connectivity index (χ1v) is 7.16. The van der Waals surface area contributed by atoms with Crippen molar-refractivity contribution in [3.05, 3.63) is 56.5 Å². The Hall–Kier alpha value is -1.42. The van der Waals surface area contributed by atoms with E-state index in [1.54, 1.807) is 12.1 Å². The number of methoxy groups -OCH3 is 1. The highest BCUT2D eigenvalue weighted by Crippen LogP contribution is 2.34. The lowest BCUT2D eigenvalue weighted by atomic mass is 10.1. The molecule has 0 heterocycles. The van der Waals surface area contributed by atoms with Crippen LogP contribution in [0.3, 0.4) is 0 Å². The maximum Gasteiger partial charge on any atom is 0.255 e. The number of aryl methyl sites for hydroxylation is 1. The molecule has 2 aromatic rings. The number of nitrogens with one attached hydrogen (secondary N) is 1. The Kier molecular flexibility index (Phi) is 4.99. The molecule has 0 aliphatic rings. The molecule has 0 aromatic heterocycles. The number of carbonyl (C=O) groups excluding carboxylic acids is 1. The maximum absolute atomic E-state index is 12.3. The van der Waals surface area contributed by atoms with Gasteiger partial charge < -0.3 is 10.1 Å². The number of rotatable bonds is 3. The van der Waals surface area contributed by atoms with Gasteiger partial charge in [-0.15, -0.1) is 0 Å². The van der Waals surface area contributed by atoms with Crippen LogP contribution in [0.1, 0.15) is 15.9 Å². The van der Waals surface area contributed by atoms with Gasteiger partial charge in [0.2, 0.25) is 0 Å². The summed E-state index contributed by atoms with van der Waals surface area (Å²) in [4.78, 5) is 12.3. The van der Waals surface area contributed by atoms with Gasteiger partial charge in [-0.25, -0.2) is 0 Å². The van der Waals surface area contributed by atoms with E-state index in [0.717, 1.165) is 5.56 Å². The second-order valence-corrected chi connectivity index (χ2v) is 5.64. The van der Waals surface area contributed by atoms with Crippen LogP contribution in [0.5, 0.6) is 5.75 Å². The molecular formula is C15H12Cl3NO2. The summed E-state index contributed by atoms with van der Waals surface area (Å²) in [5.74, 6) is 0.0145. The summed E-state index contributed by atoms with van der Waals surface area (Å²) in [7, 11) is 1.46. The minimum Gasteiger partial charge on any atom is -0.494 e. The van der Waals surface area contributed by atoms with Gasteiger partial charge >= 0.3 is 0 Å². The highest BCUT2D eigenvalue weighted by atomic mass is 35.5. The second-order valence-electron chi connectivity index (χ2n) is 4.39. The van der Waals surface area contributed by atoms with Crippen molar-refractivity contribution in [2.24, 2.45) is 0 Å². The van der Waals surface area contributed by atoms with Crippen LogP contribution in [0.4, 0.5) is 5.69 Å². The molecule has 2 aromatic carbocycles. The zero-order valence-electron chi connectivity index (χ0n) is 11.3. The average molecular weight is 345 g/mol. The number of benzene rings is 2. The topological polar surface area (TPSA) is 38.3 Å². The van der Waals surface area contributed by atoms with E-state index in [0.29, 0.717) is 22.0 Å². The third-order valence-corrected chi connectivity index (χ3v) is 3.71. The summed E-state index contributed by atoms with van der Waals surface area (Å²) in [5, 5.41) is 3.87. The fourth-order valence-electron chi connectivity index (χ4n) is 1.81. The quantitative estimate of drug-likeness (QED) is 0.829. The Morgan fingerprint density at radius 3 is 2.29 bits per heavy atom.